The molecule has 1 fully saturated rings. The Morgan fingerprint density at radius 1 is 1.25 bits per heavy atom. The largest absolute Gasteiger partial charge is 0.338 e. The third kappa shape index (κ3) is 2.58. The van der Waals surface area contributed by atoms with E-state index in [2.05, 4.69) is 32.6 Å². The summed E-state index contributed by atoms with van der Waals surface area (Å²) < 4.78 is 2.07. The Morgan fingerprint density at radius 3 is 2.75 bits per heavy atom. The second-order valence-corrected chi connectivity index (χ2v) is 7.18. The second-order valence-electron chi connectivity index (χ2n) is 6.32. The maximum Gasteiger partial charge on any atom is 0.265 e. The van der Waals surface area contributed by atoms with E-state index in [1.807, 2.05) is 24.1 Å². The van der Waals surface area contributed by atoms with Gasteiger partial charge in [-0.25, -0.2) is 4.98 Å². The normalized spacial score (nSPS) is 16.0. The maximum atomic E-state index is 12.6. The molecule has 0 radical (unpaired) electrons. The van der Waals surface area contributed by atoms with Crippen molar-refractivity contribution in [3.63, 3.8) is 0 Å². The molecule has 1 amide bonds. The van der Waals surface area contributed by atoms with Crippen LogP contribution < -0.4 is 0 Å². The summed E-state index contributed by atoms with van der Waals surface area (Å²) in [5.74, 6) is 1.45. The zero-order chi connectivity index (χ0) is 16.7. The van der Waals surface area contributed by atoms with Crippen LogP contribution in [0.1, 0.15) is 45.5 Å². The van der Waals surface area contributed by atoms with Crippen LogP contribution in [0.2, 0.25) is 0 Å². The molecule has 4 heterocycles. The van der Waals surface area contributed by atoms with Crippen molar-refractivity contribution in [2.45, 2.75) is 32.6 Å². The number of amides is 1. The Morgan fingerprint density at radius 2 is 2.04 bits per heavy atom. The van der Waals surface area contributed by atoms with Gasteiger partial charge in [0, 0.05) is 25.2 Å². The fraction of sp³-hybridized carbons (Fsp3) is 0.412. The quantitative estimate of drug-likeness (QED) is 0.719. The Balaban J connectivity index is 1.49. The minimum Gasteiger partial charge on any atom is -0.338 e. The first-order valence-electron chi connectivity index (χ1n) is 8.14. The lowest BCUT2D eigenvalue weighted by Crippen LogP contribution is -2.38. The van der Waals surface area contributed by atoms with Crippen LogP contribution in [-0.4, -0.2) is 43.5 Å². The van der Waals surface area contributed by atoms with Gasteiger partial charge in [0.15, 0.2) is 5.65 Å². The first-order valence-corrected chi connectivity index (χ1v) is 9.02. The van der Waals surface area contributed by atoms with Crippen LogP contribution in [0.5, 0.6) is 0 Å². The highest BCUT2D eigenvalue weighted by molar-refractivity contribution is 7.11. The van der Waals surface area contributed by atoms with Gasteiger partial charge < -0.3 is 4.90 Å². The van der Waals surface area contributed by atoms with Crippen molar-refractivity contribution >= 4 is 22.9 Å². The van der Waals surface area contributed by atoms with Crippen LogP contribution in [-0.2, 0) is 0 Å². The number of aryl methyl sites for hydroxylation is 2. The summed E-state index contributed by atoms with van der Waals surface area (Å²) in [5, 5.41) is 8.68. The predicted molar refractivity (Wildman–Crippen MR) is 92.5 cm³/mol. The molecule has 0 spiro atoms. The molecule has 0 atom stereocenters. The van der Waals surface area contributed by atoms with Gasteiger partial charge in [0.1, 0.15) is 10.7 Å². The molecule has 1 saturated heterocycles. The number of nitrogens with zero attached hydrogens (tertiary/aromatic N) is 5. The van der Waals surface area contributed by atoms with Crippen LogP contribution >= 0.6 is 11.3 Å². The van der Waals surface area contributed by atoms with Crippen molar-refractivity contribution in [1.82, 2.24) is 24.5 Å². The van der Waals surface area contributed by atoms with Crippen LogP contribution in [0, 0.1) is 13.8 Å². The van der Waals surface area contributed by atoms with Gasteiger partial charge in [-0.15, -0.1) is 21.5 Å². The van der Waals surface area contributed by atoms with Crippen molar-refractivity contribution < 1.29 is 4.79 Å². The molecule has 7 heteroatoms. The number of piperidine rings is 1. The Labute approximate surface area is 144 Å². The van der Waals surface area contributed by atoms with E-state index in [-0.39, 0.29) is 5.91 Å². The smallest absolute Gasteiger partial charge is 0.265 e. The third-order valence-corrected chi connectivity index (χ3v) is 5.60. The lowest BCUT2D eigenvalue weighted by Gasteiger charge is -2.31. The zero-order valence-electron chi connectivity index (χ0n) is 13.8. The fourth-order valence-corrected chi connectivity index (χ4v) is 4.05. The number of rotatable bonds is 2. The standard InChI is InChI=1S/C17H19N5OS/c1-11-3-8-22-14(9-11)19-20-16(22)13-4-6-21(7-5-13)17(23)15-12(2)18-10-24-15/h3,8-10,13H,4-7H2,1-2H3. The van der Waals surface area contributed by atoms with Gasteiger partial charge in [0.05, 0.1) is 11.2 Å². The summed E-state index contributed by atoms with van der Waals surface area (Å²) in [4.78, 5) is 19.5. The van der Waals surface area contributed by atoms with Crippen LogP contribution in [0.25, 0.3) is 5.65 Å². The summed E-state index contributed by atoms with van der Waals surface area (Å²) in [6.07, 6.45) is 3.87. The summed E-state index contributed by atoms with van der Waals surface area (Å²) in [5.41, 5.74) is 4.64. The van der Waals surface area contributed by atoms with Gasteiger partial charge in [-0.3, -0.25) is 9.20 Å². The number of carbonyl (C=O) groups excluding carboxylic acids is 1. The molecule has 0 N–H and O–H groups in total. The number of hydrogen-bond acceptors (Lipinski definition) is 5. The average Bonchev–Trinajstić information content (AvgIpc) is 3.20. The molecular weight excluding hydrogens is 322 g/mol. The average molecular weight is 341 g/mol. The van der Waals surface area contributed by atoms with E-state index in [0.717, 1.165) is 48.0 Å². The molecular formula is C17H19N5OS. The Hall–Kier alpha value is -2.28. The molecule has 124 valence electrons. The van der Waals surface area contributed by atoms with Crippen molar-refractivity contribution in [3.05, 3.63) is 45.8 Å². The summed E-state index contributed by atoms with van der Waals surface area (Å²) in [7, 11) is 0. The second kappa shape index (κ2) is 5.98. The van der Waals surface area contributed by atoms with E-state index < -0.39 is 0 Å². The number of hydrogen-bond donors (Lipinski definition) is 0. The first kappa shape index (κ1) is 15.3. The predicted octanol–water partition coefficient (Wildman–Crippen LogP) is 2.82. The molecule has 0 bridgehead atoms. The molecule has 6 nitrogen and oxygen atoms in total. The van der Waals surface area contributed by atoms with Gasteiger partial charge in [-0.05, 0) is 44.4 Å². The molecule has 1 aliphatic rings. The highest BCUT2D eigenvalue weighted by atomic mass is 32.1. The van der Waals surface area contributed by atoms with Crippen LogP contribution in [0.3, 0.4) is 0 Å². The minimum atomic E-state index is 0.107. The van der Waals surface area contributed by atoms with E-state index in [4.69, 9.17) is 0 Å². The van der Waals surface area contributed by atoms with E-state index >= 15 is 0 Å². The number of carbonyl (C=O) groups is 1. The lowest BCUT2D eigenvalue weighted by atomic mass is 9.96. The number of thiazole rings is 1. The number of fused-ring (bicyclic) bond motifs is 1. The highest BCUT2D eigenvalue weighted by Crippen LogP contribution is 2.28. The SMILES string of the molecule is Cc1ccn2c(C3CCN(C(=O)c4scnc4C)CC3)nnc2c1. The van der Waals surface area contributed by atoms with E-state index in [9.17, 15) is 4.79 Å². The van der Waals surface area contributed by atoms with E-state index in [0.29, 0.717) is 5.92 Å². The van der Waals surface area contributed by atoms with Crippen molar-refractivity contribution in [2.24, 2.45) is 0 Å². The molecule has 0 saturated carbocycles. The number of likely N-dealkylation sites (tertiary alicyclic amines) is 1. The lowest BCUT2D eigenvalue weighted by molar-refractivity contribution is 0.0715. The van der Waals surface area contributed by atoms with Crippen molar-refractivity contribution in [3.8, 4) is 0 Å². The van der Waals surface area contributed by atoms with E-state index in [1.165, 1.54) is 16.9 Å². The van der Waals surface area contributed by atoms with Gasteiger partial charge in [-0.2, -0.15) is 0 Å². The monoisotopic (exact) mass is 341 g/mol. The van der Waals surface area contributed by atoms with Crippen molar-refractivity contribution in [2.75, 3.05) is 13.1 Å². The van der Waals surface area contributed by atoms with Gasteiger partial charge >= 0.3 is 0 Å². The topological polar surface area (TPSA) is 63.4 Å². The number of pyridine rings is 1. The molecule has 3 aromatic rings. The summed E-state index contributed by atoms with van der Waals surface area (Å²) in [6.45, 7) is 5.45. The summed E-state index contributed by atoms with van der Waals surface area (Å²) in [6, 6.07) is 4.12. The number of aromatic nitrogens is 4. The zero-order valence-corrected chi connectivity index (χ0v) is 14.6. The van der Waals surface area contributed by atoms with Crippen molar-refractivity contribution in [1.29, 1.82) is 0 Å². The van der Waals surface area contributed by atoms with Crippen LogP contribution in [0.15, 0.2) is 23.8 Å². The van der Waals surface area contributed by atoms with Gasteiger partial charge in [0.2, 0.25) is 0 Å². The first-order chi connectivity index (χ1) is 11.6. The summed E-state index contributed by atoms with van der Waals surface area (Å²) >= 11 is 1.42. The highest BCUT2D eigenvalue weighted by Gasteiger charge is 2.28. The molecule has 3 aromatic heterocycles. The fourth-order valence-electron chi connectivity index (χ4n) is 3.28. The van der Waals surface area contributed by atoms with Crippen LogP contribution in [0.4, 0.5) is 0 Å². The third-order valence-electron chi connectivity index (χ3n) is 4.68. The Kier molecular flexibility index (Phi) is 3.80. The molecule has 0 aliphatic carbocycles. The minimum absolute atomic E-state index is 0.107. The molecule has 1 aliphatic heterocycles. The molecule has 4 rings (SSSR count). The Bertz CT molecular complexity index is 891. The van der Waals surface area contributed by atoms with Gasteiger partial charge in [0.25, 0.3) is 5.91 Å². The maximum absolute atomic E-state index is 12.6. The van der Waals surface area contributed by atoms with E-state index in [1.54, 1.807) is 5.51 Å². The molecule has 24 heavy (non-hydrogen) atoms. The molecule has 0 unspecified atom stereocenters. The molecule has 0 aromatic carbocycles. The van der Waals surface area contributed by atoms with Gasteiger partial charge in [-0.1, -0.05) is 0 Å².